The van der Waals surface area contributed by atoms with Crippen molar-refractivity contribution >= 4 is 35.0 Å². The summed E-state index contributed by atoms with van der Waals surface area (Å²) in [5, 5.41) is -5.18. The molecule has 0 unspecified atom stereocenters. The Morgan fingerprint density at radius 2 is 1.52 bits per heavy atom. The van der Waals surface area contributed by atoms with Gasteiger partial charge in [0.2, 0.25) is 0 Å². The minimum atomic E-state index is -6.41. The van der Waals surface area contributed by atoms with Gasteiger partial charge in [-0.1, -0.05) is 29.3 Å². The van der Waals surface area contributed by atoms with E-state index in [-0.39, 0.29) is 32.3 Å². The van der Waals surface area contributed by atoms with Crippen LogP contribution in [0.1, 0.15) is 11.1 Å². The van der Waals surface area contributed by atoms with Crippen molar-refractivity contribution in [2.24, 2.45) is 0 Å². The van der Waals surface area contributed by atoms with Gasteiger partial charge in [-0.25, -0.2) is 0 Å². The van der Waals surface area contributed by atoms with Gasteiger partial charge < -0.3 is 0 Å². The van der Waals surface area contributed by atoms with Gasteiger partial charge in [0, 0.05) is 26.1 Å². The van der Waals surface area contributed by atoms with Crippen LogP contribution in [0.15, 0.2) is 29.2 Å². The van der Waals surface area contributed by atoms with Gasteiger partial charge >= 0.3 is 17.4 Å². The monoisotopic (exact) mass is 449 g/mol. The smallest absolute Gasteiger partial charge is 0.188 e. The predicted octanol–water partition coefficient (Wildman–Crippen LogP) is 7.96. The van der Waals surface area contributed by atoms with Gasteiger partial charge in [-0.05, 0) is 61.0 Å². The first-order chi connectivity index (χ1) is 12.2. The molecule has 2 aromatic carbocycles. The zero-order valence-corrected chi connectivity index (χ0v) is 15.9. The lowest BCUT2D eigenvalue weighted by molar-refractivity contribution is -0.330. The number of rotatable bonds is 4. The first-order valence-corrected chi connectivity index (χ1v) is 8.75. The van der Waals surface area contributed by atoms with Crippen molar-refractivity contribution in [2.45, 2.75) is 36.1 Å². The Hall–Kier alpha value is -1.12. The molecule has 147 valence electrons. The quantitative estimate of drug-likeness (QED) is 0.337. The van der Waals surface area contributed by atoms with Crippen LogP contribution in [0.25, 0.3) is 11.1 Å². The number of alkyl halides is 7. The summed E-state index contributed by atoms with van der Waals surface area (Å²) in [5.74, 6) is -6.23. The third kappa shape index (κ3) is 4.32. The number of thioether (sulfide) groups is 1. The van der Waals surface area contributed by atoms with Crippen molar-refractivity contribution in [1.82, 2.24) is 0 Å². The lowest BCUT2D eigenvalue weighted by Gasteiger charge is -2.28. The van der Waals surface area contributed by atoms with Crippen LogP contribution in [0.4, 0.5) is 30.7 Å². The second-order valence-corrected chi connectivity index (χ2v) is 7.63. The highest BCUT2D eigenvalue weighted by Crippen LogP contribution is 2.55. The molecular weight excluding hydrogens is 440 g/mol. The van der Waals surface area contributed by atoms with E-state index >= 15 is 0 Å². The van der Waals surface area contributed by atoms with Gasteiger partial charge in [-0.3, -0.25) is 0 Å². The molecule has 0 N–H and O–H groups in total. The van der Waals surface area contributed by atoms with E-state index < -0.39 is 34.0 Å². The van der Waals surface area contributed by atoms with E-state index in [2.05, 4.69) is 6.07 Å². The van der Waals surface area contributed by atoms with Crippen LogP contribution in [0, 0.1) is 19.9 Å². The maximum absolute atomic E-state index is 13.9. The van der Waals surface area contributed by atoms with Crippen molar-refractivity contribution in [3.63, 3.8) is 0 Å². The van der Waals surface area contributed by atoms with Crippen LogP contribution >= 0.6 is 35.0 Å². The Balaban J connectivity index is 2.64. The normalized spacial score (nSPS) is 13.1. The summed E-state index contributed by atoms with van der Waals surface area (Å²) in [5.41, 5.74) is 0.677. The lowest BCUT2D eigenvalue weighted by atomic mass is 9.98. The Morgan fingerprint density at radius 1 is 0.926 bits per heavy atom. The fraction of sp³-hybridized carbons (Fsp3) is 0.294. The van der Waals surface area contributed by atoms with Gasteiger partial charge in [0.25, 0.3) is 0 Å². The second-order valence-electron chi connectivity index (χ2n) is 5.63. The molecule has 1 radical (unpaired) electrons. The van der Waals surface area contributed by atoms with Crippen molar-refractivity contribution < 1.29 is 30.7 Å². The summed E-state index contributed by atoms with van der Waals surface area (Å²) < 4.78 is 91.8. The van der Waals surface area contributed by atoms with E-state index in [1.54, 1.807) is 0 Å². The first kappa shape index (κ1) is 22.2. The Bertz CT molecular complexity index is 863. The predicted molar refractivity (Wildman–Crippen MR) is 92.0 cm³/mol. The van der Waals surface area contributed by atoms with Crippen molar-refractivity contribution in [1.29, 1.82) is 0 Å². The van der Waals surface area contributed by atoms with Gasteiger partial charge in [0.15, 0.2) is 0 Å². The minimum Gasteiger partial charge on any atom is -0.188 e. The molecule has 10 heteroatoms. The van der Waals surface area contributed by atoms with Crippen LogP contribution in [-0.4, -0.2) is 17.4 Å². The van der Waals surface area contributed by atoms with Crippen molar-refractivity contribution in [3.8, 4) is 11.1 Å². The third-order valence-electron chi connectivity index (χ3n) is 3.51. The molecule has 0 atom stereocenters. The molecule has 0 saturated heterocycles. The topological polar surface area (TPSA) is 0 Å². The molecule has 0 nitrogen and oxygen atoms in total. The van der Waals surface area contributed by atoms with E-state index in [1.165, 1.54) is 32.0 Å². The maximum atomic E-state index is 13.9. The molecule has 0 aliphatic carbocycles. The van der Waals surface area contributed by atoms with Crippen LogP contribution < -0.4 is 0 Å². The number of hydrogen-bond donors (Lipinski definition) is 0. The highest BCUT2D eigenvalue weighted by Gasteiger charge is 2.73. The maximum Gasteiger partial charge on any atom is 0.460 e. The minimum absolute atomic E-state index is 0.0232. The molecule has 0 heterocycles. The number of halogens is 9. The van der Waals surface area contributed by atoms with E-state index in [0.29, 0.717) is 0 Å². The fourth-order valence-corrected chi connectivity index (χ4v) is 3.95. The Kier molecular flexibility index (Phi) is 6.05. The molecule has 2 aromatic rings. The molecular formula is C17H10Cl2F7S. The molecule has 0 spiro atoms. The molecule has 0 aliphatic rings. The van der Waals surface area contributed by atoms with Gasteiger partial charge in [-0.15, -0.1) is 0 Å². The highest BCUT2D eigenvalue weighted by molar-refractivity contribution is 8.00. The summed E-state index contributed by atoms with van der Waals surface area (Å²) in [7, 11) is 0. The highest BCUT2D eigenvalue weighted by atomic mass is 35.5. The standard InChI is InChI=1S/C17H10Cl2F7S/c1-8-5-9(2)14(11-4-3-10(18)7-12(11)19)13(6-8)27-17(25,26)15(20,21)16(22,23)24/h3-4,6-7H,1-2H3. The van der Waals surface area contributed by atoms with Crippen LogP contribution in [0.2, 0.25) is 10.0 Å². The van der Waals surface area contributed by atoms with Crippen molar-refractivity contribution in [3.05, 3.63) is 51.5 Å². The number of hydrogen-bond acceptors (Lipinski definition) is 1. The molecule has 0 aliphatic heterocycles. The van der Waals surface area contributed by atoms with E-state index in [0.717, 1.165) is 6.07 Å². The number of aryl methyl sites for hydroxylation is 2. The molecule has 0 amide bonds. The average molecular weight is 450 g/mol. The van der Waals surface area contributed by atoms with Crippen LogP contribution in [-0.2, 0) is 0 Å². The van der Waals surface area contributed by atoms with Gasteiger partial charge in [0.1, 0.15) is 0 Å². The average Bonchev–Trinajstić information content (AvgIpc) is 2.46. The van der Waals surface area contributed by atoms with Crippen LogP contribution in [0.3, 0.4) is 0 Å². The van der Waals surface area contributed by atoms with Crippen LogP contribution in [0.5, 0.6) is 0 Å². The first-order valence-electron chi connectivity index (χ1n) is 7.17. The zero-order chi connectivity index (χ0) is 20.8. The zero-order valence-electron chi connectivity index (χ0n) is 13.6. The molecule has 27 heavy (non-hydrogen) atoms. The summed E-state index contributed by atoms with van der Waals surface area (Å²) in [6, 6.07) is 7.92. The van der Waals surface area contributed by atoms with E-state index in [9.17, 15) is 30.7 Å². The largest absolute Gasteiger partial charge is 0.460 e. The van der Waals surface area contributed by atoms with E-state index in [1.807, 2.05) is 0 Å². The molecule has 0 aromatic heterocycles. The lowest BCUT2D eigenvalue weighted by Crippen LogP contribution is -2.49. The SMILES string of the molecule is Cc1[c]c(C)c(-c2ccc(Cl)cc2Cl)c(SC(F)(F)C(F)(F)C(F)(F)F)c1. The Morgan fingerprint density at radius 3 is 2.04 bits per heavy atom. The summed E-state index contributed by atoms with van der Waals surface area (Å²) in [4.78, 5) is -0.484. The Labute approximate surface area is 164 Å². The second kappa shape index (κ2) is 7.37. The molecule has 0 bridgehead atoms. The summed E-state index contributed by atoms with van der Waals surface area (Å²) in [6.07, 6.45) is -6.41. The molecule has 0 fully saturated rings. The fourth-order valence-electron chi connectivity index (χ4n) is 2.32. The van der Waals surface area contributed by atoms with E-state index in [4.69, 9.17) is 23.2 Å². The van der Waals surface area contributed by atoms with Gasteiger partial charge in [-0.2, -0.15) is 30.7 Å². The number of benzene rings is 2. The third-order valence-corrected chi connectivity index (χ3v) is 5.12. The van der Waals surface area contributed by atoms with Crippen molar-refractivity contribution in [2.75, 3.05) is 0 Å². The molecule has 0 saturated carbocycles. The molecule has 2 rings (SSSR count). The van der Waals surface area contributed by atoms with Gasteiger partial charge in [0.05, 0.1) is 0 Å². The summed E-state index contributed by atoms with van der Waals surface area (Å²) >= 11 is 11.0. The summed E-state index contributed by atoms with van der Waals surface area (Å²) in [6.45, 7) is 2.90.